The van der Waals surface area contributed by atoms with Crippen LogP contribution in [0.4, 0.5) is 23.9 Å². The van der Waals surface area contributed by atoms with Crippen LogP contribution < -0.4 is 9.64 Å². The molecule has 35 heavy (non-hydrogen) atoms. The second kappa shape index (κ2) is 9.91. The van der Waals surface area contributed by atoms with Crippen molar-refractivity contribution in [3.63, 3.8) is 0 Å². The highest BCUT2D eigenvalue weighted by atomic mass is 19.4. The van der Waals surface area contributed by atoms with Crippen LogP contribution in [0.25, 0.3) is 0 Å². The van der Waals surface area contributed by atoms with Crippen molar-refractivity contribution in [1.82, 2.24) is 19.9 Å². The zero-order valence-electron chi connectivity index (χ0n) is 18.9. The van der Waals surface area contributed by atoms with Crippen molar-refractivity contribution in [3.05, 3.63) is 42.0 Å². The van der Waals surface area contributed by atoms with Crippen LogP contribution in [0.2, 0.25) is 0 Å². The molecule has 13 heteroatoms. The van der Waals surface area contributed by atoms with Crippen LogP contribution in [0.3, 0.4) is 0 Å². The lowest BCUT2D eigenvalue weighted by Crippen LogP contribution is -2.57. The number of piperazine rings is 1. The van der Waals surface area contributed by atoms with Crippen LogP contribution in [0, 0.1) is 11.3 Å². The van der Waals surface area contributed by atoms with E-state index < -0.39 is 30.9 Å². The molecule has 2 aliphatic rings. The number of aromatic nitrogens is 3. The number of nitriles is 1. The summed E-state index contributed by atoms with van der Waals surface area (Å²) in [5, 5.41) is 9.13. The van der Waals surface area contributed by atoms with Crippen LogP contribution in [0.1, 0.15) is 24.5 Å². The van der Waals surface area contributed by atoms with Crippen LogP contribution >= 0.6 is 0 Å². The largest absolute Gasteiger partial charge is 0.486 e. The number of amides is 1. The Balaban J connectivity index is 1.34. The van der Waals surface area contributed by atoms with Gasteiger partial charge in [-0.15, -0.1) is 0 Å². The molecular formula is C22H23F3N6O4. The number of halogens is 3. The van der Waals surface area contributed by atoms with Crippen molar-refractivity contribution in [2.24, 2.45) is 0 Å². The molecule has 10 nitrogen and oxygen atoms in total. The average Bonchev–Trinajstić information content (AvgIpc) is 3.33. The zero-order chi connectivity index (χ0) is 25.1. The number of pyridine rings is 1. The van der Waals surface area contributed by atoms with E-state index in [0.717, 1.165) is 0 Å². The van der Waals surface area contributed by atoms with Gasteiger partial charge in [-0.3, -0.25) is 4.98 Å². The third-order valence-electron chi connectivity index (χ3n) is 5.97. The maximum absolute atomic E-state index is 13.5. The van der Waals surface area contributed by atoms with Crippen LogP contribution in [-0.4, -0.2) is 76.6 Å². The number of hydrogen-bond donors (Lipinski definition) is 0. The molecule has 0 saturated carbocycles. The Hall–Kier alpha value is -3.66. The van der Waals surface area contributed by atoms with E-state index >= 15 is 0 Å². The predicted molar refractivity (Wildman–Crippen MR) is 114 cm³/mol. The molecule has 1 amide bonds. The van der Waals surface area contributed by atoms with Gasteiger partial charge in [0.25, 0.3) is 0 Å². The quantitative estimate of drug-likeness (QED) is 0.622. The molecule has 0 bridgehead atoms. The maximum atomic E-state index is 13.5. The Labute approximate surface area is 199 Å². The molecule has 2 aliphatic heterocycles. The number of carbonyl (C=O) groups is 1. The van der Waals surface area contributed by atoms with Gasteiger partial charge >= 0.3 is 12.3 Å². The molecule has 2 saturated heterocycles. The van der Waals surface area contributed by atoms with Crippen molar-refractivity contribution >= 4 is 12.0 Å². The molecule has 2 aromatic rings. The highest BCUT2D eigenvalue weighted by Crippen LogP contribution is 2.40. The van der Waals surface area contributed by atoms with Gasteiger partial charge in [-0.2, -0.15) is 18.4 Å². The summed E-state index contributed by atoms with van der Waals surface area (Å²) in [7, 11) is 0. The minimum absolute atomic E-state index is 0.115. The Kier molecular flexibility index (Phi) is 6.93. The molecule has 2 fully saturated rings. The number of rotatable bonds is 5. The maximum Gasteiger partial charge on any atom is 0.430 e. The Bertz CT molecular complexity index is 1090. The number of nitrogens with zero attached hydrogens (tertiary/aromatic N) is 6. The fourth-order valence-corrected chi connectivity index (χ4v) is 3.90. The molecular weight excluding hydrogens is 469 g/mol. The second-order valence-corrected chi connectivity index (χ2v) is 8.30. The molecule has 0 N–H and O–H groups in total. The number of hydrogen-bond acceptors (Lipinski definition) is 9. The molecule has 2 aromatic heterocycles. The van der Waals surface area contributed by atoms with Crippen LogP contribution in [0.15, 0.2) is 30.9 Å². The normalized spacial score (nSPS) is 22.5. The highest BCUT2D eigenvalue weighted by molar-refractivity contribution is 5.69. The van der Waals surface area contributed by atoms with Crippen LogP contribution in [-0.2, 0) is 16.1 Å². The van der Waals surface area contributed by atoms with Gasteiger partial charge in [-0.05, 0) is 13.0 Å². The van der Waals surface area contributed by atoms with Crippen molar-refractivity contribution in [2.75, 3.05) is 37.7 Å². The first-order valence-electron chi connectivity index (χ1n) is 10.9. The number of alkyl halides is 3. The predicted octanol–water partition coefficient (Wildman–Crippen LogP) is 2.69. The molecule has 4 heterocycles. The lowest BCUT2D eigenvalue weighted by molar-refractivity contribution is -0.258. The van der Waals surface area contributed by atoms with Gasteiger partial charge in [0.15, 0.2) is 5.75 Å². The summed E-state index contributed by atoms with van der Waals surface area (Å²) in [6.07, 6.45) is -0.125. The van der Waals surface area contributed by atoms with Crippen molar-refractivity contribution in [2.45, 2.75) is 37.8 Å². The summed E-state index contributed by atoms with van der Waals surface area (Å²) in [5.41, 5.74) is -1.51. The number of ether oxygens (including phenoxy) is 3. The van der Waals surface area contributed by atoms with Crippen molar-refractivity contribution in [3.8, 4) is 11.8 Å². The highest BCUT2D eigenvalue weighted by Gasteiger charge is 2.61. The van der Waals surface area contributed by atoms with E-state index in [9.17, 15) is 18.0 Å². The molecule has 1 unspecified atom stereocenters. The van der Waals surface area contributed by atoms with E-state index in [0.29, 0.717) is 29.4 Å². The first-order valence-corrected chi connectivity index (χ1v) is 10.9. The Morgan fingerprint density at radius 2 is 2.09 bits per heavy atom. The Morgan fingerprint density at radius 3 is 2.71 bits per heavy atom. The standard InChI is InChI=1S/C22H23F3N6O4/c1-15-12-30(20(32)35-21(22(23,24)25)3-7-33-14-21)5-6-31(15)19-28-10-18(11-29-19)34-13-16-2-4-27-9-17(16)8-26/h2,4,9-11,15H,3,5-7,12-14H2,1H3/t15-,21?/m1/s1. The SMILES string of the molecule is C[C@@H]1CN(C(=O)OC2(C(F)(F)F)CCOC2)CCN1c1ncc(OCc2ccncc2C#N)cn1. The topological polar surface area (TPSA) is 114 Å². The average molecular weight is 492 g/mol. The smallest absolute Gasteiger partial charge is 0.430 e. The summed E-state index contributed by atoms with van der Waals surface area (Å²) < 4.78 is 56.0. The molecule has 0 aromatic carbocycles. The molecule has 0 spiro atoms. The minimum atomic E-state index is -4.71. The fraction of sp³-hybridized carbons (Fsp3) is 0.500. The van der Waals surface area contributed by atoms with Gasteiger partial charge in [-0.1, -0.05) is 0 Å². The first kappa shape index (κ1) is 24.5. The number of carbonyl (C=O) groups excluding carboxylic acids is 1. The molecule has 4 rings (SSSR count). The van der Waals surface area contributed by atoms with Gasteiger partial charge in [0.2, 0.25) is 11.5 Å². The van der Waals surface area contributed by atoms with Gasteiger partial charge in [0.1, 0.15) is 12.7 Å². The molecule has 0 radical (unpaired) electrons. The second-order valence-electron chi connectivity index (χ2n) is 8.30. The van der Waals surface area contributed by atoms with E-state index in [1.165, 1.54) is 23.5 Å². The van der Waals surface area contributed by atoms with E-state index in [2.05, 4.69) is 21.0 Å². The van der Waals surface area contributed by atoms with Gasteiger partial charge in [0.05, 0.1) is 31.2 Å². The summed E-state index contributed by atoms with van der Waals surface area (Å²) >= 11 is 0. The lowest BCUT2D eigenvalue weighted by atomic mass is 10.0. The lowest BCUT2D eigenvalue weighted by Gasteiger charge is -2.40. The van der Waals surface area contributed by atoms with Crippen LogP contribution in [0.5, 0.6) is 5.75 Å². The fourth-order valence-electron chi connectivity index (χ4n) is 3.90. The van der Waals surface area contributed by atoms with Crippen molar-refractivity contribution in [1.29, 1.82) is 5.26 Å². The van der Waals surface area contributed by atoms with Crippen molar-refractivity contribution < 1.29 is 32.2 Å². The molecule has 2 atom stereocenters. The van der Waals surface area contributed by atoms with Gasteiger partial charge in [0, 0.05) is 50.1 Å². The molecule has 0 aliphatic carbocycles. The summed E-state index contributed by atoms with van der Waals surface area (Å²) in [6.45, 7) is 1.77. The van der Waals surface area contributed by atoms with E-state index in [4.69, 9.17) is 19.5 Å². The Morgan fingerprint density at radius 1 is 1.31 bits per heavy atom. The van der Waals surface area contributed by atoms with Gasteiger partial charge in [-0.25, -0.2) is 14.8 Å². The minimum Gasteiger partial charge on any atom is -0.486 e. The third kappa shape index (κ3) is 5.22. The molecule has 186 valence electrons. The monoisotopic (exact) mass is 492 g/mol. The van der Waals surface area contributed by atoms with E-state index in [-0.39, 0.29) is 32.3 Å². The summed E-state index contributed by atoms with van der Waals surface area (Å²) in [5.74, 6) is 0.802. The zero-order valence-corrected chi connectivity index (χ0v) is 18.9. The van der Waals surface area contributed by atoms with Gasteiger partial charge < -0.3 is 24.0 Å². The summed E-state index contributed by atoms with van der Waals surface area (Å²) in [4.78, 5) is 28.2. The third-order valence-corrected chi connectivity index (χ3v) is 5.97. The van der Waals surface area contributed by atoms with E-state index in [1.807, 2.05) is 11.8 Å². The number of anilines is 1. The first-order chi connectivity index (χ1) is 16.7. The summed E-state index contributed by atoms with van der Waals surface area (Å²) in [6, 6.07) is 3.48. The van der Waals surface area contributed by atoms with E-state index in [1.54, 1.807) is 12.3 Å².